The molecule has 16 nitrogen and oxygen atoms in total. The maximum Gasteiger partial charge on any atom is 0.334 e. The summed E-state index contributed by atoms with van der Waals surface area (Å²) in [5.74, 6) is -1.37. The topological polar surface area (TPSA) is 236 Å². The molecule has 1 aliphatic carbocycles. The van der Waals surface area contributed by atoms with Crippen molar-refractivity contribution in [1.29, 1.82) is 0 Å². The molecular formula is C23H37N3O13. The average molecular weight is 564 g/mol. The van der Waals surface area contributed by atoms with Gasteiger partial charge in [0.15, 0.2) is 18.7 Å². The number of rotatable bonds is 10. The third kappa shape index (κ3) is 6.91. The molecule has 3 heterocycles. The van der Waals surface area contributed by atoms with Gasteiger partial charge in [-0.05, 0) is 19.8 Å². The predicted octanol–water partition coefficient (Wildman–Crippen LogP) is -3.27. The summed E-state index contributed by atoms with van der Waals surface area (Å²) in [6, 6.07) is 0. The molecule has 0 bridgehead atoms. The molecule has 7 N–H and O–H groups in total. The smallest absolute Gasteiger partial charge is 0.334 e. The molecule has 3 fully saturated rings. The normalized spacial score (nSPS) is 42.2. The fourth-order valence-corrected chi connectivity index (χ4v) is 5.04. The summed E-state index contributed by atoms with van der Waals surface area (Å²) in [7, 11) is 0. The average Bonchev–Trinajstić information content (AvgIpc) is 3.43. The van der Waals surface area contributed by atoms with E-state index < -0.39 is 92.3 Å². The lowest BCUT2D eigenvalue weighted by Gasteiger charge is -2.45. The highest BCUT2D eigenvalue weighted by Gasteiger charge is 2.49. The molecule has 0 radical (unpaired) electrons. The van der Waals surface area contributed by atoms with E-state index in [4.69, 9.17) is 23.7 Å². The molecule has 0 unspecified atom stereocenters. The number of aliphatic carboxylic acids is 1. The van der Waals surface area contributed by atoms with Crippen LogP contribution in [0.1, 0.15) is 32.6 Å². The highest BCUT2D eigenvalue weighted by molar-refractivity contribution is 5.72. The second kappa shape index (κ2) is 13.2. The van der Waals surface area contributed by atoms with Crippen LogP contribution in [0.2, 0.25) is 0 Å². The minimum absolute atomic E-state index is 0.261. The van der Waals surface area contributed by atoms with E-state index in [1.54, 1.807) is 0 Å². The van der Waals surface area contributed by atoms with Crippen LogP contribution in [0.15, 0.2) is 12.4 Å². The number of aromatic nitrogens is 3. The quantitative estimate of drug-likeness (QED) is 0.148. The zero-order valence-corrected chi connectivity index (χ0v) is 21.3. The van der Waals surface area contributed by atoms with Gasteiger partial charge in [-0.2, -0.15) is 0 Å². The highest BCUT2D eigenvalue weighted by Crippen LogP contribution is 2.33. The zero-order valence-electron chi connectivity index (χ0n) is 21.3. The van der Waals surface area contributed by atoms with Crippen LogP contribution >= 0.6 is 0 Å². The van der Waals surface area contributed by atoms with Crippen molar-refractivity contribution in [1.82, 2.24) is 15.0 Å². The number of carbonyl (C=O) groups is 1. The highest BCUT2D eigenvalue weighted by atomic mass is 16.7. The van der Waals surface area contributed by atoms with Crippen LogP contribution in [0.3, 0.4) is 0 Å². The van der Waals surface area contributed by atoms with Crippen LogP contribution in [-0.2, 0) is 35.0 Å². The van der Waals surface area contributed by atoms with E-state index in [-0.39, 0.29) is 6.54 Å². The number of ether oxygens (including phenoxy) is 5. The van der Waals surface area contributed by atoms with Gasteiger partial charge in [0.05, 0.1) is 37.7 Å². The van der Waals surface area contributed by atoms with Crippen LogP contribution < -0.4 is 0 Å². The summed E-state index contributed by atoms with van der Waals surface area (Å²) >= 11 is 0. The standard InChI is InChI=1S/C23H37N3O13/c1-10-15(28)17(30)18(31)22(35-10)37-11-4-2-3-5-12(11)38-23-19(32)20(16(29)14(9-27)39-23)36-13(21(33)34)8-26-7-6-24-25-26/h6-7,10-20,22-23,27-32H,2-5,8-9H2,1H3,(H,33,34)/t10-,11+,12+,13-,14+,15+,16-,17+,18-,19+,20-,22-,23+/m0/s1. The van der Waals surface area contributed by atoms with Gasteiger partial charge in [-0.15, -0.1) is 5.10 Å². The van der Waals surface area contributed by atoms with E-state index in [2.05, 4.69) is 10.3 Å². The van der Waals surface area contributed by atoms with Gasteiger partial charge in [-0.25, -0.2) is 9.48 Å². The van der Waals surface area contributed by atoms with Crippen LogP contribution in [-0.4, -0.2) is 143 Å². The van der Waals surface area contributed by atoms with Crippen molar-refractivity contribution in [3.8, 4) is 0 Å². The second-order valence-electron chi connectivity index (χ2n) is 10.1. The molecule has 222 valence electrons. The lowest BCUT2D eigenvalue weighted by molar-refractivity contribution is -0.345. The maximum atomic E-state index is 11.8. The van der Waals surface area contributed by atoms with Crippen LogP contribution in [0.5, 0.6) is 0 Å². The maximum absolute atomic E-state index is 11.8. The van der Waals surface area contributed by atoms with Gasteiger partial charge in [-0.1, -0.05) is 18.1 Å². The van der Waals surface area contributed by atoms with Crippen molar-refractivity contribution in [2.45, 2.75) is 119 Å². The molecule has 39 heavy (non-hydrogen) atoms. The minimum Gasteiger partial charge on any atom is -0.479 e. The molecule has 1 aromatic heterocycles. The van der Waals surface area contributed by atoms with Gasteiger partial charge in [0, 0.05) is 6.20 Å². The number of hydrogen-bond donors (Lipinski definition) is 7. The van der Waals surface area contributed by atoms with Crippen molar-refractivity contribution in [3.05, 3.63) is 12.4 Å². The van der Waals surface area contributed by atoms with Crippen molar-refractivity contribution in [2.75, 3.05) is 6.61 Å². The van der Waals surface area contributed by atoms with Gasteiger partial charge < -0.3 is 59.4 Å². The van der Waals surface area contributed by atoms with Gasteiger partial charge in [0.2, 0.25) is 0 Å². The first-order valence-corrected chi connectivity index (χ1v) is 13.0. The third-order valence-electron chi connectivity index (χ3n) is 7.31. The van der Waals surface area contributed by atoms with Gasteiger partial charge in [0.25, 0.3) is 0 Å². The molecule has 3 aliphatic rings. The molecule has 1 saturated carbocycles. The number of carboxylic acid groups (broad SMARTS) is 1. The van der Waals surface area contributed by atoms with Gasteiger partial charge in [0.1, 0.15) is 42.7 Å². The Morgan fingerprint density at radius 2 is 1.62 bits per heavy atom. The number of aliphatic hydroxyl groups is 6. The Kier molecular flexibility index (Phi) is 10.2. The summed E-state index contributed by atoms with van der Waals surface area (Å²) in [6.07, 6.45) is -11.4. The molecule has 0 spiro atoms. The molecule has 13 atom stereocenters. The summed E-state index contributed by atoms with van der Waals surface area (Å²) in [5, 5.41) is 78.9. The Morgan fingerprint density at radius 1 is 0.974 bits per heavy atom. The summed E-state index contributed by atoms with van der Waals surface area (Å²) in [6.45, 7) is 0.604. The Morgan fingerprint density at radius 3 is 2.18 bits per heavy atom. The van der Waals surface area contributed by atoms with E-state index >= 15 is 0 Å². The Bertz CT molecular complexity index is 910. The van der Waals surface area contributed by atoms with Crippen LogP contribution in [0.4, 0.5) is 0 Å². The summed E-state index contributed by atoms with van der Waals surface area (Å²) in [5.41, 5.74) is 0. The molecule has 1 aromatic rings. The molecule has 2 aliphatic heterocycles. The molecular weight excluding hydrogens is 526 g/mol. The Labute approximate surface area is 223 Å². The molecule has 0 amide bonds. The van der Waals surface area contributed by atoms with Crippen molar-refractivity contribution < 1.29 is 64.2 Å². The van der Waals surface area contributed by atoms with Crippen molar-refractivity contribution >= 4 is 5.97 Å². The SMILES string of the molecule is C[C@@H]1O[C@@H](O[C@@H]2CCCC[C@H]2O[C@@H]2O[C@H](CO)[C@H](O)[C@H](O[C@@H](Cn3ccnn3)C(=O)O)[C@H]2O)[C@@H](O)[C@H](O)[C@@H]1O. The van der Waals surface area contributed by atoms with Crippen molar-refractivity contribution in [3.63, 3.8) is 0 Å². The number of aliphatic hydroxyl groups excluding tert-OH is 6. The van der Waals surface area contributed by atoms with E-state index in [1.165, 1.54) is 24.0 Å². The van der Waals surface area contributed by atoms with Crippen LogP contribution in [0.25, 0.3) is 0 Å². The first kappa shape index (κ1) is 30.1. The number of nitrogens with zero attached hydrogens (tertiary/aromatic N) is 3. The summed E-state index contributed by atoms with van der Waals surface area (Å²) < 4.78 is 30.0. The molecule has 2 saturated heterocycles. The molecule has 16 heteroatoms. The first-order valence-electron chi connectivity index (χ1n) is 13.0. The van der Waals surface area contributed by atoms with E-state index in [9.17, 15) is 40.5 Å². The first-order chi connectivity index (χ1) is 18.6. The fraction of sp³-hybridized carbons (Fsp3) is 0.870. The van der Waals surface area contributed by atoms with E-state index in [0.717, 1.165) is 12.8 Å². The van der Waals surface area contributed by atoms with Gasteiger partial charge >= 0.3 is 5.97 Å². The largest absolute Gasteiger partial charge is 0.479 e. The Balaban J connectivity index is 1.45. The van der Waals surface area contributed by atoms with E-state index in [1.807, 2.05) is 0 Å². The zero-order chi connectivity index (χ0) is 28.3. The monoisotopic (exact) mass is 563 g/mol. The predicted molar refractivity (Wildman–Crippen MR) is 125 cm³/mol. The fourth-order valence-electron chi connectivity index (χ4n) is 5.04. The minimum atomic E-state index is -1.66. The molecule has 4 rings (SSSR count). The van der Waals surface area contributed by atoms with Crippen LogP contribution in [0, 0.1) is 0 Å². The summed E-state index contributed by atoms with van der Waals surface area (Å²) in [4.78, 5) is 11.8. The van der Waals surface area contributed by atoms with E-state index in [0.29, 0.717) is 12.8 Å². The third-order valence-corrected chi connectivity index (χ3v) is 7.31. The number of hydrogen-bond acceptors (Lipinski definition) is 14. The number of carboxylic acids is 1. The Hall–Kier alpha value is -1.83. The lowest BCUT2D eigenvalue weighted by Crippen LogP contribution is -2.62. The van der Waals surface area contributed by atoms with Crippen molar-refractivity contribution in [2.24, 2.45) is 0 Å². The lowest BCUT2D eigenvalue weighted by atomic mass is 9.93. The second-order valence-corrected chi connectivity index (χ2v) is 10.1. The molecule has 0 aromatic carbocycles. The van der Waals surface area contributed by atoms with Gasteiger partial charge in [-0.3, -0.25) is 0 Å².